The van der Waals surface area contributed by atoms with Gasteiger partial charge in [0.2, 0.25) is 17.7 Å². The van der Waals surface area contributed by atoms with Crippen molar-refractivity contribution in [3.63, 3.8) is 0 Å². The largest absolute Gasteiger partial charge is 0.481 e. The van der Waals surface area contributed by atoms with Crippen LogP contribution in [0, 0.1) is 5.92 Å². The van der Waals surface area contributed by atoms with Crippen LogP contribution in [-0.4, -0.2) is 86.5 Å². The second-order valence-electron chi connectivity index (χ2n) is 7.69. The van der Waals surface area contributed by atoms with Gasteiger partial charge in [0.25, 0.3) is 0 Å². The van der Waals surface area contributed by atoms with E-state index in [2.05, 4.69) is 10.6 Å². The maximum absolute atomic E-state index is 12.5. The maximum Gasteiger partial charge on any atom is 0.328 e. The van der Waals surface area contributed by atoms with Crippen LogP contribution in [0.3, 0.4) is 0 Å². The summed E-state index contributed by atoms with van der Waals surface area (Å²) < 4.78 is 0. The number of nitrogens with two attached hydrogens (primary N) is 1. The van der Waals surface area contributed by atoms with Crippen LogP contribution in [0.4, 0.5) is 0 Å². The Bertz CT molecular complexity index is 666. The predicted molar refractivity (Wildman–Crippen MR) is 106 cm³/mol. The molecule has 0 bridgehead atoms. The SMILES string of the molecule is CC(C)CC(N)C(=O)NC(C(=O)NC(CC(=O)O)C(=O)NC(C(=O)O)C(C)O)C(C)O. The number of aliphatic hydroxyl groups is 2. The minimum absolute atomic E-state index is 0.0827. The summed E-state index contributed by atoms with van der Waals surface area (Å²) >= 11 is 0. The summed E-state index contributed by atoms with van der Waals surface area (Å²) in [5.74, 6) is -5.96. The van der Waals surface area contributed by atoms with Crippen LogP contribution >= 0.6 is 0 Å². The van der Waals surface area contributed by atoms with Crippen LogP contribution in [0.1, 0.15) is 40.5 Å². The monoisotopic (exact) mass is 448 g/mol. The van der Waals surface area contributed by atoms with Crippen LogP contribution in [0.15, 0.2) is 0 Å². The van der Waals surface area contributed by atoms with E-state index in [1.54, 1.807) is 0 Å². The smallest absolute Gasteiger partial charge is 0.328 e. The molecule has 0 fully saturated rings. The Balaban J connectivity index is 5.44. The van der Waals surface area contributed by atoms with Gasteiger partial charge in [-0.25, -0.2) is 4.79 Å². The quantitative estimate of drug-likeness (QED) is 0.144. The van der Waals surface area contributed by atoms with E-state index in [9.17, 15) is 34.2 Å². The number of carboxylic acid groups (broad SMARTS) is 2. The number of hydrogen-bond acceptors (Lipinski definition) is 8. The molecule has 0 heterocycles. The molecule has 0 aromatic carbocycles. The first-order valence-corrected chi connectivity index (χ1v) is 9.64. The normalized spacial score (nSPS) is 16.9. The standard InChI is InChI=1S/C18H32N4O9/c1-7(2)5-10(19)15(27)21-13(8(3)23)17(29)20-11(6-12(25)26)16(28)22-14(9(4)24)18(30)31/h7-11,13-14,23-24H,5-6,19H2,1-4H3,(H,20,29)(H,21,27)(H,22,28)(H,25,26)(H,30,31). The summed E-state index contributed by atoms with van der Waals surface area (Å²) in [5.41, 5.74) is 5.75. The zero-order valence-corrected chi connectivity index (χ0v) is 17.9. The van der Waals surface area contributed by atoms with Gasteiger partial charge in [0, 0.05) is 0 Å². The lowest BCUT2D eigenvalue weighted by molar-refractivity contribution is -0.146. The number of nitrogens with one attached hydrogen (secondary N) is 3. The first kappa shape index (κ1) is 28.2. The van der Waals surface area contributed by atoms with Gasteiger partial charge in [-0.3, -0.25) is 19.2 Å². The number of amides is 3. The fourth-order valence-corrected chi connectivity index (χ4v) is 2.57. The average Bonchev–Trinajstić information content (AvgIpc) is 2.60. The number of rotatable bonds is 13. The molecule has 0 aromatic heterocycles. The van der Waals surface area contributed by atoms with Gasteiger partial charge in [0.05, 0.1) is 24.7 Å². The second kappa shape index (κ2) is 12.8. The van der Waals surface area contributed by atoms with Crippen molar-refractivity contribution in [3.8, 4) is 0 Å². The Morgan fingerprint density at radius 2 is 1.26 bits per heavy atom. The van der Waals surface area contributed by atoms with Crippen LogP contribution < -0.4 is 21.7 Å². The number of aliphatic carboxylic acids is 2. The third kappa shape index (κ3) is 10.2. The molecule has 0 radical (unpaired) electrons. The van der Waals surface area contributed by atoms with Crippen molar-refractivity contribution in [3.05, 3.63) is 0 Å². The Hall–Kier alpha value is -2.77. The summed E-state index contributed by atoms with van der Waals surface area (Å²) in [5, 5.41) is 43.7. The van der Waals surface area contributed by atoms with E-state index < -0.39 is 72.5 Å². The van der Waals surface area contributed by atoms with Crippen molar-refractivity contribution in [1.29, 1.82) is 0 Å². The molecule has 3 amide bonds. The highest BCUT2D eigenvalue weighted by Crippen LogP contribution is 2.05. The summed E-state index contributed by atoms with van der Waals surface area (Å²) in [7, 11) is 0. The van der Waals surface area contributed by atoms with E-state index in [0.29, 0.717) is 6.42 Å². The summed E-state index contributed by atoms with van der Waals surface area (Å²) in [4.78, 5) is 59.3. The molecule has 6 unspecified atom stereocenters. The first-order valence-electron chi connectivity index (χ1n) is 9.64. The van der Waals surface area contributed by atoms with Crippen molar-refractivity contribution in [2.45, 2.75) is 76.9 Å². The zero-order chi connectivity index (χ0) is 24.5. The van der Waals surface area contributed by atoms with E-state index in [1.165, 1.54) is 6.92 Å². The highest BCUT2D eigenvalue weighted by atomic mass is 16.4. The van der Waals surface area contributed by atoms with Crippen molar-refractivity contribution >= 4 is 29.7 Å². The molecule has 13 heteroatoms. The van der Waals surface area contributed by atoms with E-state index in [1.807, 2.05) is 19.2 Å². The van der Waals surface area contributed by atoms with Gasteiger partial charge in [-0.05, 0) is 26.2 Å². The molecule has 0 aromatic rings. The van der Waals surface area contributed by atoms with Gasteiger partial charge in [0.15, 0.2) is 6.04 Å². The highest BCUT2D eigenvalue weighted by Gasteiger charge is 2.34. The zero-order valence-electron chi connectivity index (χ0n) is 17.9. The molecular weight excluding hydrogens is 416 g/mol. The Labute approximate surface area is 179 Å². The molecule has 178 valence electrons. The van der Waals surface area contributed by atoms with Crippen LogP contribution in [0.25, 0.3) is 0 Å². The van der Waals surface area contributed by atoms with Crippen LogP contribution in [0.5, 0.6) is 0 Å². The summed E-state index contributed by atoms with van der Waals surface area (Å²) in [6, 6.07) is -6.01. The van der Waals surface area contributed by atoms with Gasteiger partial charge in [-0.15, -0.1) is 0 Å². The molecule has 13 nitrogen and oxygen atoms in total. The Morgan fingerprint density at radius 1 is 0.774 bits per heavy atom. The molecule has 0 aliphatic carbocycles. The third-order valence-corrected chi connectivity index (χ3v) is 4.18. The lowest BCUT2D eigenvalue weighted by Gasteiger charge is -2.26. The Morgan fingerprint density at radius 3 is 1.65 bits per heavy atom. The predicted octanol–water partition coefficient (Wildman–Crippen LogP) is -2.86. The molecule has 31 heavy (non-hydrogen) atoms. The number of carbonyl (C=O) groups excluding carboxylic acids is 3. The fraction of sp³-hybridized carbons (Fsp3) is 0.722. The minimum atomic E-state index is -1.75. The van der Waals surface area contributed by atoms with E-state index in [0.717, 1.165) is 6.92 Å². The Kier molecular flexibility index (Phi) is 11.7. The molecule has 0 aliphatic rings. The van der Waals surface area contributed by atoms with Crippen LogP contribution in [-0.2, 0) is 24.0 Å². The van der Waals surface area contributed by atoms with Crippen molar-refractivity contribution in [1.82, 2.24) is 16.0 Å². The number of hydrogen-bond donors (Lipinski definition) is 8. The van der Waals surface area contributed by atoms with Gasteiger partial charge in [-0.1, -0.05) is 13.8 Å². The number of carbonyl (C=O) groups is 5. The average molecular weight is 448 g/mol. The topological polar surface area (TPSA) is 228 Å². The van der Waals surface area contributed by atoms with Gasteiger partial charge >= 0.3 is 11.9 Å². The molecule has 0 spiro atoms. The molecular formula is C18H32N4O9. The molecule has 6 atom stereocenters. The maximum atomic E-state index is 12.5. The van der Waals surface area contributed by atoms with E-state index in [-0.39, 0.29) is 5.92 Å². The lowest BCUT2D eigenvalue weighted by Crippen LogP contribution is -2.60. The van der Waals surface area contributed by atoms with E-state index in [4.69, 9.17) is 15.9 Å². The van der Waals surface area contributed by atoms with Crippen molar-refractivity contribution in [2.24, 2.45) is 11.7 Å². The highest BCUT2D eigenvalue weighted by molar-refractivity contribution is 5.95. The van der Waals surface area contributed by atoms with Crippen molar-refractivity contribution < 1.29 is 44.4 Å². The minimum Gasteiger partial charge on any atom is -0.481 e. The second-order valence-corrected chi connectivity index (χ2v) is 7.69. The number of carboxylic acids is 2. The summed E-state index contributed by atoms with van der Waals surface area (Å²) in [6.45, 7) is 5.96. The first-order chi connectivity index (χ1) is 14.2. The number of aliphatic hydroxyl groups excluding tert-OH is 2. The molecule has 0 rings (SSSR count). The van der Waals surface area contributed by atoms with Gasteiger partial charge in [0.1, 0.15) is 12.1 Å². The lowest BCUT2D eigenvalue weighted by atomic mass is 10.0. The molecule has 0 saturated heterocycles. The van der Waals surface area contributed by atoms with E-state index >= 15 is 0 Å². The molecule has 0 saturated carbocycles. The van der Waals surface area contributed by atoms with Crippen LogP contribution in [0.2, 0.25) is 0 Å². The molecule has 0 aliphatic heterocycles. The third-order valence-electron chi connectivity index (χ3n) is 4.18. The molecule has 9 N–H and O–H groups in total. The van der Waals surface area contributed by atoms with Gasteiger partial charge < -0.3 is 42.1 Å². The summed E-state index contributed by atoms with van der Waals surface area (Å²) in [6.07, 6.45) is -3.54. The van der Waals surface area contributed by atoms with Crippen molar-refractivity contribution in [2.75, 3.05) is 0 Å². The van der Waals surface area contributed by atoms with Gasteiger partial charge in [-0.2, -0.15) is 0 Å². The fourth-order valence-electron chi connectivity index (χ4n) is 2.57.